The second-order valence-corrected chi connectivity index (χ2v) is 7.78. The third kappa shape index (κ3) is 3.23. The fraction of sp³-hybridized carbons (Fsp3) is 0.222. The van der Waals surface area contributed by atoms with Crippen LogP contribution in [0, 0.1) is 6.92 Å². The molecule has 5 nitrogen and oxygen atoms in total. The van der Waals surface area contributed by atoms with Crippen LogP contribution in [0.15, 0.2) is 52.2 Å². The van der Waals surface area contributed by atoms with Crippen LogP contribution in [0.25, 0.3) is 10.9 Å². The highest BCUT2D eigenvalue weighted by Gasteiger charge is 2.17. The van der Waals surface area contributed by atoms with E-state index in [1.807, 2.05) is 19.9 Å². The molecule has 0 spiro atoms. The van der Waals surface area contributed by atoms with Crippen molar-refractivity contribution in [1.82, 2.24) is 9.97 Å². The Morgan fingerprint density at radius 2 is 1.79 bits per heavy atom. The Bertz CT molecular complexity index is 1050. The Hall–Kier alpha value is -2.47. The van der Waals surface area contributed by atoms with Gasteiger partial charge in [0.1, 0.15) is 11.6 Å². The van der Waals surface area contributed by atoms with E-state index in [9.17, 15) is 13.2 Å². The molecule has 0 saturated heterocycles. The second-order valence-electron chi connectivity index (χ2n) is 5.79. The van der Waals surface area contributed by atoms with E-state index in [4.69, 9.17) is 0 Å². The molecule has 0 amide bonds. The zero-order valence-corrected chi connectivity index (χ0v) is 14.4. The van der Waals surface area contributed by atoms with Gasteiger partial charge in [-0.15, -0.1) is 0 Å². The summed E-state index contributed by atoms with van der Waals surface area (Å²) in [7, 11) is -3.56. The number of rotatable bonds is 4. The van der Waals surface area contributed by atoms with Crippen LogP contribution < -0.4 is 5.56 Å². The largest absolute Gasteiger partial charge is 0.309 e. The van der Waals surface area contributed by atoms with Crippen molar-refractivity contribution in [2.24, 2.45) is 0 Å². The molecule has 3 rings (SSSR count). The van der Waals surface area contributed by atoms with Crippen LogP contribution in [0.3, 0.4) is 0 Å². The summed E-state index contributed by atoms with van der Waals surface area (Å²) >= 11 is 0. The first kappa shape index (κ1) is 16.4. The lowest BCUT2D eigenvalue weighted by atomic mass is 10.1. The maximum absolute atomic E-state index is 12.5. The smallest absolute Gasteiger partial charge is 0.258 e. The fourth-order valence-corrected chi connectivity index (χ4v) is 3.75. The first-order valence-corrected chi connectivity index (χ1v) is 9.35. The zero-order valence-electron chi connectivity index (χ0n) is 13.5. The molecule has 0 aliphatic heterocycles. The van der Waals surface area contributed by atoms with Crippen molar-refractivity contribution in [2.45, 2.75) is 30.9 Å². The lowest BCUT2D eigenvalue weighted by molar-refractivity contribution is 0.594. The number of fused-ring (bicyclic) bond motifs is 1. The van der Waals surface area contributed by atoms with E-state index in [1.165, 1.54) is 0 Å². The van der Waals surface area contributed by atoms with Crippen molar-refractivity contribution >= 4 is 20.7 Å². The molecule has 1 N–H and O–H groups in total. The van der Waals surface area contributed by atoms with Crippen LogP contribution in [-0.2, 0) is 22.0 Å². The first-order valence-electron chi connectivity index (χ1n) is 7.70. The number of nitrogens with one attached hydrogen (secondary N) is 1. The van der Waals surface area contributed by atoms with Crippen molar-refractivity contribution in [3.05, 3.63) is 69.8 Å². The summed E-state index contributed by atoms with van der Waals surface area (Å²) < 4.78 is 25.0. The maximum atomic E-state index is 12.5. The molecule has 6 heteroatoms. The summed E-state index contributed by atoms with van der Waals surface area (Å²) in [6.07, 6.45) is 0.818. The molecule has 0 bridgehead atoms. The number of benzene rings is 2. The molecule has 0 aliphatic carbocycles. The molecule has 124 valence electrons. The number of sulfone groups is 1. The lowest BCUT2D eigenvalue weighted by Crippen LogP contribution is -2.15. The van der Waals surface area contributed by atoms with Gasteiger partial charge in [-0.1, -0.05) is 30.7 Å². The fourth-order valence-electron chi connectivity index (χ4n) is 2.53. The minimum Gasteiger partial charge on any atom is -0.309 e. The summed E-state index contributed by atoms with van der Waals surface area (Å²) in [6.45, 7) is 3.90. The molecular formula is C18H18N2O3S. The van der Waals surface area contributed by atoms with Gasteiger partial charge in [0.15, 0.2) is 9.84 Å². The number of aromatic amines is 1. The molecule has 1 heterocycles. The van der Waals surface area contributed by atoms with E-state index in [-0.39, 0.29) is 22.0 Å². The number of hydrogen-bond acceptors (Lipinski definition) is 4. The number of hydrogen-bond donors (Lipinski definition) is 1. The monoisotopic (exact) mass is 342 g/mol. The van der Waals surface area contributed by atoms with E-state index < -0.39 is 9.84 Å². The van der Waals surface area contributed by atoms with Crippen LogP contribution in [0.1, 0.15) is 23.9 Å². The molecule has 2 aromatic carbocycles. The minimum absolute atomic E-state index is 0.150. The number of aromatic nitrogens is 2. The summed E-state index contributed by atoms with van der Waals surface area (Å²) in [6, 6.07) is 12.1. The van der Waals surface area contributed by atoms with Crippen molar-refractivity contribution in [1.29, 1.82) is 0 Å². The Morgan fingerprint density at radius 1 is 1.08 bits per heavy atom. The van der Waals surface area contributed by atoms with Gasteiger partial charge in [-0.3, -0.25) is 4.79 Å². The van der Waals surface area contributed by atoms with Crippen LogP contribution in [0.2, 0.25) is 0 Å². The highest BCUT2D eigenvalue weighted by Crippen LogP contribution is 2.17. The van der Waals surface area contributed by atoms with E-state index >= 15 is 0 Å². The van der Waals surface area contributed by atoms with Crippen molar-refractivity contribution in [2.75, 3.05) is 0 Å². The average Bonchev–Trinajstić information content (AvgIpc) is 2.54. The third-order valence-electron chi connectivity index (χ3n) is 3.93. The average molecular weight is 342 g/mol. The summed E-state index contributed by atoms with van der Waals surface area (Å²) in [5, 5.41) is 0.478. The van der Waals surface area contributed by atoms with Gasteiger partial charge in [0.2, 0.25) is 0 Å². The van der Waals surface area contributed by atoms with Gasteiger partial charge < -0.3 is 4.98 Å². The van der Waals surface area contributed by atoms with Gasteiger partial charge in [0.05, 0.1) is 15.8 Å². The lowest BCUT2D eigenvalue weighted by Gasteiger charge is -2.06. The standard InChI is InChI=1S/C18H18N2O3S/c1-3-13-6-9-16-15(10-13)18(21)20-17(19-16)11-24(22,23)14-7-4-12(2)5-8-14/h4-10H,3,11H2,1-2H3,(H,19,20,21). The van der Waals surface area contributed by atoms with Gasteiger partial charge in [-0.25, -0.2) is 13.4 Å². The Balaban J connectivity index is 2.01. The van der Waals surface area contributed by atoms with E-state index in [2.05, 4.69) is 9.97 Å². The Labute approximate surface area is 140 Å². The topological polar surface area (TPSA) is 79.9 Å². The van der Waals surface area contributed by atoms with Crippen LogP contribution in [0.5, 0.6) is 0 Å². The van der Waals surface area contributed by atoms with Crippen LogP contribution in [0.4, 0.5) is 0 Å². The SMILES string of the molecule is CCc1ccc2nc(CS(=O)(=O)c3ccc(C)cc3)[nH]c(=O)c2c1. The molecule has 0 saturated carbocycles. The summed E-state index contributed by atoms with van der Waals surface area (Å²) in [4.78, 5) is 19.4. The maximum Gasteiger partial charge on any atom is 0.258 e. The number of nitrogens with zero attached hydrogens (tertiary/aromatic N) is 1. The highest BCUT2D eigenvalue weighted by atomic mass is 32.2. The minimum atomic E-state index is -3.56. The van der Waals surface area contributed by atoms with Crippen LogP contribution >= 0.6 is 0 Å². The highest BCUT2D eigenvalue weighted by molar-refractivity contribution is 7.90. The van der Waals surface area contributed by atoms with Crippen LogP contribution in [-0.4, -0.2) is 18.4 Å². The van der Waals surface area contributed by atoms with Gasteiger partial charge in [-0.2, -0.15) is 0 Å². The molecule has 0 atom stereocenters. The molecule has 0 radical (unpaired) electrons. The predicted octanol–water partition coefficient (Wildman–Crippen LogP) is 2.77. The van der Waals surface area contributed by atoms with Gasteiger partial charge in [-0.05, 0) is 43.2 Å². The predicted molar refractivity (Wildman–Crippen MR) is 93.8 cm³/mol. The molecule has 0 fully saturated rings. The quantitative estimate of drug-likeness (QED) is 0.790. The second kappa shape index (κ2) is 6.20. The van der Waals surface area contributed by atoms with Gasteiger partial charge in [0, 0.05) is 0 Å². The van der Waals surface area contributed by atoms with E-state index in [0.717, 1.165) is 17.5 Å². The zero-order chi connectivity index (χ0) is 17.3. The molecule has 24 heavy (non-hydrogen) atoms. The molecule has 0 aliphatic rings. The normalized spacial score (nSPS) is 11.8. The number of H-pyrrole nitrogens is 1. The molecule has 0 unspecified atom stereocenters. The van der Waals surface area contributed by atoms with E-state index in [0.29, 0.717) is 10.9 Å². The molecule has 1 aromatic heterocycles. The summed E-state index contributed by atoms with van der Waals surface area (Å²) in [5.74, 6) is -0.186. The van der Waals surface area contributed by atoms with Crippen molar-refractivity contribution < 1.29 is 8.42 Å². The van der Waals surface area contributed by atoms with Crippen molar-refractivity contribution in [3.63, 3.8) is 0 Å². The van der Waals surface area contributed by atoms with Gasteiger partial charge >= 0.3 is 0 Å². The van der Waals surface area contributed by atoms with Gasteiger partial charge in [0.25, 0.3) is 5.56 Å². The number of aryl methyl sites for hydroxylation is 2. The first-order chi connectivity index (χ1) is 11.4. The summed E-state index contributed by atoms with van der Waals surface area (Å²) in [5.41, 5.74) is 2.21. The molecule has 3 aromatic rings. The van der Waals surface area contributed by atoms with E-state index in [1.54, 1.807) is 36.4 Å². The Kier molecular flexibility index (Phi) is 4.24. The van der Waals surface area contributed by atoms with Crippen molar-refractivity contribution in [3.8, 4) is 0 Å². The third-order valence-corrected chi connectivity index (χ3v) is 5.58. The molecular weight excluding hydrogens is 324 g/mol. The Morgan fingerprint density at radius 3 is 2.46 bits per heavy atom.